The molecule has 6 nitrogen and oxygen atoms in total. The zero-order chi connectivity index (χ0) is 15.6. The number of piperidine rings is 1. The predicted molar refractivity (Wildman–Crippen MR) is 83.4 cm³/mol. The number of likely N-dealkylation sites (N-methyl/N-ethyl adjacent to an activating group) is 2. The van der Waals surface area contributed by atoms with E-state index in [0.29, 0.717) is 5.56 Å². The number of carbonyl (C=O) groups is 1. The van der Waals surface area contributed by atoms with Crippen molar-refractivity contribution in [3.8, 4) is 0 Å². The minimum Gasteiger partial charge on any atom is -0.337 e. The summed E-state index contributed by atoms with van der Waals surface area (Å²) in [7, 11) is 3.80. The molecule has 1 aromatic rings. The zero-order valence-corrected chi connectivity index (χ0v) is 13.7. The highest BCUT2D eigenvalue weighted by molar-refractivity contribution is 9.10. The third-order valence-corrected chi connectivity index (χ3v) is 4.71. The summed E-state index contributed by atoms with van der Waals surface area (Å²) in [4.78, 5) is 27.0. The van der Waals surface area contributed by atoms with Gasteiger partial charge in [0.1, 0.15) is 4.47 Å². The SMILES string of the molecule is CN1CCCC(N(C)C(=O)c2cccc([N+](=O)[O-])c2Br)C1. The second-order valence-corrected chi connectivity index (χ2v) is 6.16. The van der Waals surface area contributed by atoms with Crippen LogP contribution in [0.25, 0.3) is 0 Å². The lowest BCUT2D eigenvalue weighted by molar-refractivity contribution is -0.385. The van der Waals surface area contributed by atoms with Crippen molar-refractivity contribution in [2.24, 2.45) is 0 Å². The summed E-state index contributed by atoms with van der Waals surface area (Å²) in [6, 6.07) is 4.68. The summed E-state index contributed by atoms with van der Waals surface area (Å²) in [5.41, 5.74) is 0.245. The van der Waals surface area contributed by atoms with E-state index in [9.17, 15) is 14.9 Å². The van der Waals surface area contributed by atoms with Crippen LogP contribution in [-0.4, -0.2) is 53.9 Å². The van der Waals surface area contributed by atoms with Gasteiger partial charge in [0.15, 0.2) is 0 Å². The van der Waals surface area contributed by atoms with Crippen LogP contribution in [0.4, 0.5) is 5.69 Å². The fourth-order valence-corrected chi connectivity index (χ4v) is 3.22. The van der Waals surface area contributed by atoms with Gasteiger partial charge in [-0.05, 0) is 48.4 Å². The van der Waals surface area contributed by atoms with Gasteiger partial charge in [0.05, 0.1) is 10.5 Å². The van der Waals surface area contributed by atoms with Gasteiger partial charge < -0.3 is 9.80 Å². The Balaban J connectivity index is 2.23. The van der Waals surface area contributed by atoms with E-state index in [0.717, 1.165) is 25.9 Å². The molecule has 1 saturated heterocycles. The van der Waals surface area contributed by atoms with E-state index in [1.807, 2.05) is 7.05 Å². The van der Waals surface area contributed by atoms with Gasteiger partial charge in [0.25, 0.3) is 11.6 Å². The molecule has 1 heterocycles. The third-order valence-electron chi connectivity index (χ3n) is 3.87. The van der Waals surface area contributed by atoms with Crippen LogP contribution in [0.5, 0.6) is 0 Å². The molecule has 0 aliphatic carbocycles. The molecule has 114 valence electrons. The van der Waals surface area contributed by atoms with Crippen molar-refractivity contribution in [2.75, 3.05) is 27.2 Å². The van der Waals surface area contributed by atoms with Gasteiger partial charge in [-0.2, -0.15) is 0 Å². The number of amides is 1. The third kappa shape index (κ3) is 3.41. The second-order valence-electron chi connectivity index (χ2n) is 5.37. The van der Waals surface area contributed by atoms with Crippen molar-refractivity contribution >= 4 is 27.5 Å². The number of benzene rings is 1. The fourth-order valence-electron chi connectivity index (χ4n) is 2.64. The summed E-state index contributed by atoms with van der Waals surface area (Å²) < 4.78 is 0.246. The first kappa shape index (κ1) is 15.9. The van der Waals surface area contributed by atoms with Gasteiger partial charge in [0, 0.05) is 25.7 Å². The lowest BCUT2D eigenvalue weighted by atomic mass is 10.0. The number of hydrogen-bond acceptors (Lipinski definition) is 4. The normalized spacial score (nSPS) is 19.3. The zero-order valence-electron chi connectivity index (χ0n) is 12.1. The maximum atomic E-state index is 12.6. The van der Waals surface area contributed by atoms with Crippen LogP contribution in [0.3, 0.4) is 0 Å². The van der Waals surface area contributed by atoms with Crippen LogP contribution >= 0.6 is 15.9 Å². The highest BCUT2D eigenvalue weighted by atomic mass is 79.9. The molecule has 21 heavy (non-hydrogen) atoms. The van der Waals surface area contributed by atoms with E-state index in [4.69, 9.17) is 0 Å². The molecule has 0 radical (unpaired) electrons. The predicted octanol–water partition coefficient (Wildman–Crippen LogP) is 2.52. The van der Waals surface area contributed by atoms with Crippen molar-refractivity contribution in [3.05, 3.63) is 38.3 Å². The fraction of sp³-hybridized carbons (Fsp3) is 0.500. The topological polar surface area (TPSA) is 66.7 Å². The van der Waals surface area contributed by atoms with E-state index in [2.05, 4.69) is 20.8 Å². The summed E-state index contributed by atoms with van der Waals surface area (Å²) in [6.07, 6.45) is 2.01. The van der Waals surface area contributed by atoms with Crippen LogP contribution in [0.1, 0.15) is 23.2 Å². The van der Waals surface area contributed by atoms with E-state index in [1.165, 1.54) is 12.1 Å². The lowest BCUT2D eigenvalue weighted by Crippen LogP contribution is -2.47. The van der Waals surface area contributed by atoms with Gasteiger partial charge in [-0.3, -0.25) is 14.9 Å². The molecule has 1 unspecified atom stereocenters. The molecule has 7 heteroatoms. The van der Waals surface area contributed by atoms with Gasteiger partial charge >= 0.3 is 0 Å². The number of nitrogens with zero attached hydrogens (tertiary/aromatic N) is 3. The first-order valence-electron chi connectivity index (χ1n) is 6.80. The Hall–Kier alpha value is -1.47. The van der Waals surface area contributed by atoms with Gasteiger partial charge in [-0.15, -0.1) is 0 Å². The quantitative estimate of drug-likeness (QED) is 0.617. The van der Waals surface area contributed by atoms with E-state index in [1.54, 1.807) is 18.0 Å². The van der Waals surface area contributed by atoms with Crippen molar-refractivity contribution in [1.82, 2.24) is 9.80 Å². The van der Waals surface area contributed by atoms with E-state index < -0.39 is 4.92 Å². The Morgan fingerprint density at radius 3 is 2.86 bits per heavy atom. The number of rotatable bonds is 3. The van der Waals surface area contributed by atoms with Crippen molar-refractivity contribution in [1.29, 1.82) is 0 Å². The minimum absolute atomic E-state index is 0.0880. The van der Waals surface area contributed by atoms with Gasteiger partial charge in [-0.1, -0.05) is 6.07 Å². The standard InChI is InChI=1S/C14H18BrN3O3/c1-16-8-4-5-10(9-16)17(2)14(19)11-6-3-7-12(13(11)15)18(20)21/h3,6-7,10H,4-5,8-9H2,1-2H3. The average Bonchev–Trinajstić information content (AvgIpc) is 2.45. The molecule has 1 amide bonds. The number of halogens is 1. The molecule has 0 spiro atoms. The van der Waals surface area contributed by atoms with E-state index in [-0.39, 0.29) is 22.1 Å². The average molecular weight is 356 g/mol. The number of nitro benzene ring substituents is 1. The smallest absolute Gasteiger partial charge is 0.284 e. The Morgan fingerprint density at radius 1 is 1.52 bits per heavy atom. The largest absolute Gasteiger partial charge is 0.337 e. The number of carbonyl (C=O) groups excluding carboxylic acids is 1. The van der Waals surface area contributed by atoms with Crippen LogP contribution in [-0.2, 0) is 0 Å². The molecule has 1 aliphatic heterocycles. The molecular formula is C14H18BrN3O3. The number of hydrogen-bond donors (Lipinski definition) is 0. The highest BCUT2D eigenvalue weighted by Gasteiger charge is 2.28. The summed E-state index contributed by atoms with van der Waals surface area (Å²) in [6.45, 7) is 1.87. The second kappa shape index (κ2) is 6.53. The van der Waals surface area contributed by atoms with Crippen molar-refractivity contribution in [3.63, 3.8) is 0 Å². The molecule has 1 fully saturated rings. The van der Waals surface area contributed by atoms with Gasteiger partial charge in [-0.25, -0.2) is 0 Å². The Labute approximate surface area is 132 Å². The van der Waals surface area contributed by atoms with Crippen molar-refractivity contribution in [2.45, 2.75) is 18.9 Å². The molecule has 0 saturated carbocycles. The molecule has 0 aromatic heterocycles. The summed E-state index contributed by atoms with van der Waals surface area (Å²) >= 11 is 3.19. The molecular weight excluding hydrogens is 338 g/mol. The Bertz CT molecular complexity index is 564. The molecule has 0 bridgehead atoms. The minimum atomic E-state index is -0.491. The molecule has 1 atom stereocenters. The first-order chi connectivity index (χ1) is 9.91. The van der Waals surface area contributed by atoms with Crippen LogP contribution in [0.15, 0.2) is 22.7 Å². The molecule has 1 aromatic carbocycles. The first-order valence-corrected chi connectivity index (χ1v) is 7.59. The van der Waals surface area contributed by atoms with Crippen LogP contribution in [0, 0.1) is 10.1 Å². The number of likely N-dealkylation sites (tertiary alicyclic amines) is 1. The molecule has 0 N–H and O–H groups in total. The maximum absolute atomic E-state index is 12.6. The van der Waals surface area contributed by atoms with Crippen LogP contribution < -0.4 is 0 Å². The summed E-state index contributed by atoms with van der Waals surface area (Å²) in [5.74, 6) is -0.189. The number of nitro groups is 1. The lowest BCUT2D eigenvalue weighted by Gasteiger charge is -2.36. The molecule has 2 rings (SSSR count). The molecule has 1 aliphatic rings. The van der Waals surface area contributed by atoms with Crippen molar-refractivity contribution < 1.29 is 9.72 Å². The monoisotopic (exact) mass is 355 g/mol. The Morgan fingerprint density at radius 2 is 2.24 bits per heavy atom. The summed E-state index contributed by atoms with van der Waals surface area (Å²) in [5, 5.41) is 11.0. The van der Waals surface area contributed by atoms with Crippen LogP contribution in [0.2, 0.25) is 0 Å². The van der Waals surface area contributed by atoms with E-state index >= 15 is 0 Å². The Kier molecular flexibility index (Phi) is 4.95. The maximum Gasteiger partial charge on any atom is 0.284 e. The van der Waals surface area contributed by atoms with Gasteiger partial charge in [0.2, 0.25) is 0 Å². The highest BCUT2D eigenvalue weighted by Crippen LogP contribution is 2.29.